The number of hydrogen-bond donors (Lipinski definition) is 1. The lowest BCUT2D eigenvalue weighted by molar-refractivity contribution is -0.125. The van der Waals surface area contributed by atoms with E-state index >= 15 is 0 Å². The normalized spacial score (nSPS) is 13.4. The maximum atomic E-state index is 12.8. The van der Waals surface area contributed by atoms with E-state index in [9.17, 15) is 22.4 Å². The number of ether oxygens (including phenoxy) is 1. The summed E-state index contributed by atoms with van der Waals surface area (Å²) in [4.78, 5) is 13.5. The second kappa shape index (κ2) is 7.48. The van der Waals surface area contributed by atoms with Crippen LogP contribution in [-0.4, -0.2) is 54.1 Å². The SMILES string of the molecule is CC(C)(C)OC(=O)N(CCNCC(F)(F)C(F)F)C(C)(C)C. The van der Waals surface area contributed by atoms with Gasteiger partial charge in [0.25, 0.3) is 0 Å². The van der Waals surface area contributed by atoms with E-state index in [2.05, 4.69) is 5.32 Å². The molecular formula is C14H26F4N2O2. The highest BCUT2D eigenvalue weighted by atomic mass is 19.3. The summed E-state index contributed by atoms with van der Waals surface area (Å²) < 4.78 is 54.8. The van der Waals surface area contributed by atoms with Crippen LogP contribution in [0.25, 0.3) is 0 Å². The van der Waals surface area contributed by atoms with Gasteiger partial charge in [0.05, 0.1) is 6.54 Å². The van der Waals surface area contributed by atoms with Gasteiger partial charge in [0, 0.05) is 18.6 Å². The van der Waals surface area contributed by atoms with E-state index in [0.717, 1.165) is 0 Å². The molecule has 0 aliphatic heterocycles. The third kappa shape index (κ3) is 7.82. The fraction of sp³-hybridized carbons (Fsp3) is 0.929. The van der Waals surface area contributed by atoms with Gasteiger partial charge in [-0.05, 0) is 41.5 Å². The van der Waals surface area contributed by atoms with Gasteiger partial charge in [-0.25, -0.2) is 13.6 Å². The fourth-order valence-corrected chi connectivity index (χ4v) is 1.54. The summed E-state index contributed by atoms with van der Waals surface area (Å²) in [5, 5.41) is 2.25. The maximum Gasteiger partial charge on any atom is 0.410 e. The predicted octanol–water partition coefficient (Wildman–Crippen LogP) is 3.51. The van der Waals surface area contributed by atoms with Crippen molar-refractivity contribution < 1.29 is 27.1 Å². The number of amides is 1. The van der Waals surface area contributed by atoms with Crippen LogP contribution >= 0.6 is 0 Å². The second-order valence-electron chi connectivity index (χ2n) is 7.04. The zero-order chi connectivity index (χ0) is 17.8. The Morgan fingerprint density at radius 3 is 2.00 bits per heavy atom. The van der Waals surface area contributed by atoms with Crippen LogP contribution in [0, 0.1) is 0 Å². The molecule has 0 saturated heterocycles. The Balaban J connectivity index is 4.56. The van der Waals surface area contributed by atoms with Crippen LogP contribution in [0.4, 0.5) is 22.4 Å². The molecule has 0 aromatic carbocycles. The van der Waals surface area contributed by atoms with Crippen molar-refractivity contribution >= 4 is 6.09 Å². The molecule has 0 aromatic rings. The first-order valence-electron chi connectivity index (χ1n) is 7.04. The van der Waals surface area contributed by atoms with Crippen molar-refractivity contribution in [3.8, 4) is 0 Å². The highest BCUT2D eigenvalue weighted by Gasteiger charge is 2.40. The second-order valence-corrected chi connectivity index (χ2v) is 7.04. The molecular weight excluding hydrogens is 304 g/mol. The zero-order valence-electron chi connectivity index (χ0n) is 14.0. The number of carbonyl (C=O) groups excluding carboxylic acids is 1. The lowest BCUT2D eigenvalue weighted by atomic mass is 10.1. The Kier molecular flexibility index (Phi) is 7.12. The molecule has 8 heteroatoms. The van der Waals surface area contributed by atoms with Crippen molar-refractivity contribution in [1.29, 1.82) is 0 Å². The van der Waals surface area contributed by atoms with Crippen LogP contribution in [0.3, 0.4) is 0 Å². The van der Waals surface area contributed by atoms with Crippen molar-refractivity contribution in [1.82, 2.24) is 10.2 Å². The molecule has 22 heavy (non-hydrogen) atoms. The lowest BCUT2D eigenvalue weighted by Gasteiger charge is -2.37. The average Bonchev–Trinajstić information content (AvgIpc) is 2.23. The molecule has 0 saturated carbocycles. The van der Waals surface area contributed by atoms with Crippen LogP contribution in [0.5, 0.6) is 0 Å². The van der Waals surface area contributed by atoms with Gasteiger partial charge < -0.3 is 15.0 Å². The first kappa shape index (κ1) is 20.9. The number of alkyl halides is 4. The summed E-state index contributed by atoms with van der Waals surface area (Å²) in [5.74, 6) is -4.08. The van der Waals surface area contributed by atoms with E-state index in [-0.39, 0.29) is 13.1 Å². The van der Waals surface area contributed by atoms with E-state index in [4.69, 9.17) is 4.74 Å². The van der Waals surface area contributed by atoms with Gasteiger partial charge in [0.15, 0.2) is 0 Å². The zero-order valence-corrected chi connectivity index (χ0v) is 14.0. The Morgan fingerprint density at radius 2 is 1.64 bits per heavy atom. The minimum atomic E-state index is -4.08. The number of nitrogens with one attached hydrogen (secondary N) is 1. The monoisotopic (exact) mass is 330 g/mol. The molecule has 0 aromatic heterocycles. The molecule has 1 amide bonds. The minimum Gasteiger partial charge on any atom is -0.444 e. The highest BCUT2D eigenvalue weighted by Crippen LogP contribution is 2.21. The van der Waals surface area contributed by atoms with Gasteiger partial charge in [-0.3, -0.25) is 0 Å². The van der Waals surface area contributed by atoms with Crippen LogP contribution in [-0.2, 0) is 4.74 Å². The molecule has 0 unspecified atom stereocenters. The van der Waals surface area contributed by atoms with Gasteiger partial charge in [-0.1, -0.05) is 0 Å². The molecule has 0 spiro atoms. The summed E-state index contributed by atoms with van der Waals surface area (Å²) in [6.07, 6.45) is -4.30. The van der Waals surface area contributed by atoms with Gasteiger partial charge >= 0.3 is 18.4 Å². The van der Waals surface area contributed by atoms with Gasteiger partial charge in [0.1, 0.15) is 5.60 Å². The van der Waals surface area contributed by atoms with E-state index in [1.165, 1.54) is 4.90 Å². The van der Waals surface area contributed by atoms with E-state index < -0.39 is 36.1 Å². The largest absolute Gasteiger partial charge is 0.444 e. The minimum absolute atomic E-state index is 0.0428. The topological polar surface area (TPSA) is 41.6 Å². The first-order valence-corrected chi connectivity index (χ1v) is 7.04. The number of carbonyl (C=O) groups is 1. The third-order valence-corrected chi connectivity index (χ3v) is 2.62. The summed E-state index contributed by atoms with van der Waals surface area (Å²) in [5.41, 5.74) is -1.27. The van der Waals surface area contributed by atoms with Crippen molar-refractivity contribution in [3.63, 3.8) is 0 Å². The van der Waals surface area contributed by atoms with E-state index in [1.807, 2.05) is 0 Å². The van der Waals surface area contributed by atoms with E-state index in [0.29, 0.717) is 0 Å². The van der Waals surface area contributed by atoms with Crippen LogP contribution in [0.1, 0.15) is 41.5 Å². The lowest BCUT2D eigenvalue weighted by Crippen LogP contribution is -2.51. The van der Waals surface area contributed by atoms with Gasteiger partial charge in [0.2, 0.25) is 0 Å². The molecule has 0 radical (unpaired) electrons. The molecule has 0 fully saturated rings. The average molecular weight is 330 g/mol. The van der Waals surface area contributed by atoms with Gasteiger partial charge in [-0.2, -0.15) is 8.78 Å². The molecule has 132 valence electrons. The van der Waals surface area contributed by atoms with Crippen LogP contribution in [0.15, 0.2) is 0 Å². The van der Waals surface area contributed by atoms with Gasteiger partial charge in [-0.15, -0.1) is 0 Å². The summed E-state index contributed by atoms with van der Waals surface area (Å²) in [6.45, 7) is 9.33. The van der Waals surface area contributed by atoms with Crippen LogP contribution in [0.2, 0.25) is 0 Å². The van der Waals surface area contributed by atoms with E-state index in [1.54, 1.807) is 41.5 Å². The number of nitrogens with zero attached hydrogens (tertiary/aromatic N) is 1. The fourth-order valence-electron chi connectivity index (χ4n) is 1.54. The summed E-state index contributed by atoms with van der Waals surface area (Å²) in [7, 11) is 0. The quantitative estimate of drug-likeness (QED) is 0.598. The summed E-state index contributed by atoms with van der Waals surface area (Å²) in [6, 6.07) is 0. The van der Waals surface area contributed by atoms with Crippen molar-refractivity contribution in [2.75, 3.05) is 19.6 Å². The molecule has 0 rings (SSSR count). The number of halogens is 4. The standard InChI is InChI=1S/C14H26F4N2O2/c1-12(2,3)20(11(21)22-13(4,5)6)8-7-19-9-14(17,18)10(15)16/h10,19H,7-9H2,1-6H3. The number of rotatable bonds is 6. The predicted molar refractivity (Wildman–Crippen MR) is 76.5 cm³/mol. The Hall–Kier alpha value is -1.05. The Morgan fingerprint density at radius 1 is 1.14 bits per heavy atom. The molecule has 0 aliphatic rings. The van der Waals surface area contributed by atoms with Crippen LogP contribution < -0.4 is 5.32 Å². The number of hydrogen-bond acceptors (Lipinski definition) is 3. The van der Waals surface area contributed by atoms with Crippen molar-refractivity contribution in [2.45, 2.75) is 65.0 Å². The molecule has 4 nitrogen and oxygen atoms in total. The molecule has 0 aliphatic carbocycles. The smallest absolute Gasteiger partial charge is 0.410 e. The molecule has 0 bridgehead atoms. The van der Waals surface area contributed by atoms with Crippen molar-refractivity contribution in [2.24, 2.45) is 0 Å². The maximum absolute atomic E-state index is 12.8. The molecule has 1 N–H and O–H groups in total. The first-order chi connectivity index (χ1) is 9.67. The summed E-state index contributed by atoms with van der Waals surface area (Å²) >= 11 is 0. The Labute approximate surface area is 129 Å². The van der Waals surface area contributed by atoms with Crippen molar-refractivity contribution in [3.05, 3.63) is 0 Å². The third-order valence-electron chi connectivity index (χ3n) is 2.62. The Bertz CT molecular complexity index is 363. The highest BCUT2D eigenvalue weighted by molar-refractivity contribution is 5.69. The molecule has 0 atom stereocenters. The molecule has 0 heterocycles.